The van der Waals surface area contributed by atoms with Crippen LogP contribution >= 0.6 is 0 Å². The van der Waals surface area contributed by atoms with Gasteiger partial charge in [-0.25, -0.2) is 0 Å². The second kappa shape index (κ2) is 5.35. The maximum Gasteiger partial charge on any atom is 0.220 e. The smallest absolute Gasteiger partial charge is 0.220 e. The normalized spacial score (nSPS) is 19.1. The fourth-order valence-electron chi connectivity index (χ4n) is 1.72. The molecular weight excluding hydrogens is 176 g/mol. The number of nitrogens with one attached hydrogen (secondary N) is 1. The van der Waals surface area contributed by atoms with E-state index in [4.69, 9.17) is 5.73 Å². The molecule has 0 aliphatic heterocycles. The summed E-state index contributed by atoms with van der Waals surface area (Å²) >= 11 is 0. The molecule has 1 unspecified atom stereocenters. The Labute approximate surface area is 86.4 Å². The van der Waals surface area contributed by atoms with Crippen molar-refractivity contribution in [3.8, 4) is 0 Å². The number of hydrogen-bond acceptors (Lipinski definition) is 2. The van der Waals surface area contributed by atoms with E-state index < -0.39 is 0 Å². The molecule has 0 saturated heterocycles. The molecular formula is C11H22N2O. The monoisotopic (exact) mass is 198 g/mol. The van der Waals surface area contributed by atoms with Crippen LogP contribution in [0.1, 0.15) is 39.5 Å². The van der Waals surface area contributed by atoms with Gasteiger partial charge < -0.3 is 11.1 Å². The van der Waals surface area contributed by atoms with E-state index in [9.17, 15) is 4.79 Å². The first kappa shape index (κ1) is 11.5. The fraction of sp³-hybridized carbons (Fsp3) is 0.909. The maximum absolute atomic E-state index is 11.6. The van der Waals surface area contributed by atoms with Crippen molar-refractivity contribution in [2.24, 2.45) is 17.6 Å². The summed E-state index contributed by atoms with van der Waals surface area (Å²) in [6, 6.07) is 0.141. The van der Waals surface area contributed by atoms with Gasteiger partial charge in [0.05, 0.1) is 0 Å². The van der Waals surface area contributed by atoms with Crippen LogP contribution in [-0.4, -0.2) is 18.5 Å². The lowest BCUT2D eigenvalue weighted by Crippen LogP contribution is -2.44. The molecule has 0 aromatic carbocycles. The molecule has 82 valence electrons. The summed E-state index contributed by atoms with van der Waals surface area (Å²) in [4.78, 5) is 11.6. The van der Waals surface area contributed by atoms with E-state index in [1.807, 2.05) is 0 Å². The van der Waals surface area contributed by atoms with Gasteiger partial charge in [-0.1, -0.05) is 20.3 Å². The predicted octanol–water partition coefficient (Wildman–Crippen LogP) is 1.28. The molecule has 3 heteroatoms. The molecule has 14 heavy (non-hydrogen) atoms. The third kappa shape index (κ3) is 3.29. The lowest BCUT2D eigenvalue weighted by atomic mass is 9.83. The average Bonchev–Trinajstić information content (AvgIpc) is 2.07. The van der Waals surface area contributed by atoms with E-state index in [0.29, 0.717) is 24.8 Å². The first-order valence-electron chi connectivity index (χ1n) is 5.63. The fourth-order valence-corrected chi connectivity index (χ4v) is 1.72. The van der Waals surface area contributed by atoms with Gasteiger partial charge in [-0.05, 0) is 24.7 Å². The second-order valence-corrected chi connectivity index (χ2v) is 4.65. The van der Waals surface area contributed by atoms with Gasteiger partial charge in [0.2, 0.25) is 5.91 Å². The van der Waals surface area contributed by atoms with Crippen molar-refractivity contribution in [2.75, 3.05) is 6.54 Å². The molecule has 1 aliphatic carbocycles. The number of carbonyl (C=O) groups is 1. The van der Waals surface area contributed by atoms with Crippen LogP contribution in [0.4, 0.5) is 0 Å². The molecule has 0 spiro atoms. The molecule has 3 nitrogen and oxygen atoms in total. The van der Waals surface area contributed by atoms with Crippen molar-refractivity contribution in [3.63, 3.8) is 0 Å². The largest absolute Gasteiger partial charge is 0.352 e. The highest BCUT2D eigenvalue weighted by atomic mass is 16.1. The highest BCUT2D eigenvalue weighted by molar-refractivity contribution is 5.76. The lowest BCUT2D eigenvalue weighted by molar-refractivity contribution is -0.123. The first-order chi connectivity index (χ1) is 6.63. The zero-order valence-corrected chi connectivity index (χ0v) is 9.25. The summed E-state index contributed by atoms with van der Waals surface area (Å²) in [6.07, 6.45) is 4.44. The van der Waals surface area contributed by atoms with Crippen LogP contribution in [0.3, 0.4) is 0 Å². The number of nitrogens with two attached hydrogens (primary N) is 1. The SMILES string of the molecule is CC(C)C(CN)NC(=O)CC1CCC1. The molecule has 1 amide bonds. The Hall–Kier alpha value is -0.570. The number of amides is 1. The molecule has 0 bridgehead atoms. The second-order valence-electron chi connectivity index (χ2n) is 4.65. The molecule has 1 rings (SSSR count). The number of rotatable bonds is 5. The van der Waals surface area contributed by atoms with Crippen LogP contribution in [0, 0.1) is 11.8 Å². The van der Waals surface area contributed by atoms with Crippen molar-refractivity contribution < 1.29 is 4.79 Å². The molecule has 1 saturated carbocycles. The quantitative estimate of drug-likeness (QED) is 0.699. The minimum Gasteiger partial charge on any atom is -0.352 e. The minimum absolute atomic E-state index is 0.141. The van der Waals surface area contributed by atoms with Gasteiger partial charge in [0.15, 0.2) is 0 Å². The first-order valence-corrected chi connectivity index (χ1v) is 5.63. The van der Waals surface area contributed by atoms with Crippen LogP contribution in [0.5, 0.6) is 0 Å². The molecule has 0 aromatic heterocycles. The van der Waals surface area contributed by atoms with Crippen LogP contribution in [-0.2, 0) is 4.79 Å². The highest BCUT2D eigenvalue weighted by Gasteiger charge is 2.22. The highest BCUT2D eigenvalue weighted by Crippen LogP contribution is 2.29. The van der Waals surface area contributed by atoms with Crippen molar-refractivity contribution >= 4 is 5.91 Å². The van der Waals surface area contributed by atoms with E-state index >= 15 is 0 Å². The topological polar surface area (TPSA) is 55.1 Å². The van der Waals surface area contributed by atoms with Gasteiger partial charge in [0, 0.05) is 19.0 Å². The molecule has 0 heterocycles. The Morgan fingerprint density at radius 3 is 2.50 bits per heavy atom. The van der Waals surface area contributed by atoms with Crippen LogP contribution in [0.2, 0.25) is 0 Å². The van der Waals surface area contributed by atoms with Gasteiger partial charge in [-0.15, -0.1) is 0 Å². The van der Waals surface area contributed by atoms with Gasteiger partial charge >= 0.3 is 0 Å². The summed E-state index contributed by atoms with van der Waals surface area (Å²) in [5.74, 6) is 1.24. The number of carbonyl (C=O) groups excluding carboxylic acids is 1. The average molecular weight is 198 g/mol. The molecule has 0 aromatic rings. The third-order valence-corrected chi connectivity index (χ3v) is 3.10. The molecule has 1 atom stereocenters. The zero-order chi connectivity index (χ0) is 10.6. The van der Waals surface area contributed by atoms with Gasteiger partial charge in [0.25, 0.3) is 0 Å². The Morgan fingerprint density at radius 2 is 2.14 bits per heavy atom. The summed E-state index contributed by atoms with van der Waals surface area (Å²) < 4.78 is 0. The van der Waals surface area contributed by atoms with E-state index in [-0.39, 0.29) is 11.9 Å². The molecule has 0 radical (unpaired) electrons. The molecule has 1 fully saturated rings. The van der Waals surface area contributed by atoms with E-state index in [2.05, 4.69) is 19.2 Å². The molecule has 3 N–H and O–H groups in total. The Balaban J connectivity index is 2.23. The zero-order valence-electron chi connectivity index (χ0n) is 9.25. The maximum atomic E-state index is 11.6. The molecule has 1 aliphatic rings. The third-order valence-electron chi connectivity index (χ3n) is 3.10. The van der Waals surface area contributed by atoms with Crippen LogP contribution in [0.25, 0.3) is 0 Å². The van der Waals surface area contributed by atoms with Crippen LogP contribution in [0.15, 0.2) is 0 Å². The Kier molecular flexibility index (Phi) is 4.39. The predicted molar refractivity (Wildman–Crippen MR) is 57.8 cm³/mol. The Morgan fingerprint density at radius 1 is 1.50 bits per heavy atom. The van der Waals surface area contributed by atoms with Gasteiger partial charge in [0.1, 0.15) is 0 Å². The van der Waals surface area contributed by atoms with Crippen molar-refractivity contribution in [3.05, 3.63) is 0 Å². The summed E-state index contributed by atoms with van der Waals surface area (Å²) in [6.45, 7) is 4.70. The van der Waals surface area contributed by atoms with Gasteiger partial charge in [-0.2, -0.15) is 0 Å². The van der Waals surface area contributed by atoms with E-state index in [1.165, 1.54) is 19.3 Å². The van der Waals surface area contributed by atoms with Crippen molar-refractivity contribution in [2.45, 2.75) is 45.6 Å². The number of hydrogen-bond donors (Lipinski definition) is 2. The van der Waals surface area contributed by atoms with Crippen LogP contribution < -0.4 is 11.1 Å². The van der Waals surface area contributed by atoms with E-state index in [1.54, 1.807) is 0 Å². The van der Waals surface area contributed by atoms with Crippen molar-refractivity contribution in [1.82, 2.24) is 5.32 Å². The minimum atomic E-state index is 0.141. The summed E-state index contributed by atoms with van der Waals surface area (Å²) in [7, 11) is 0. The Bertz CT molecular complexity index is 188. The summed E-state index contributed by atoms with van der Waals surface area (Å²) in [5.41, 5.74) is 5.58. The lowest BCUT2D eigenvalue weighted by Gasteiger charge is -2.26. The van der Waals surface area contributed by atoms with E-state index in [0.717, 1.165) is 0 Å². The standard InChI is InChI=1S/C11H22N2O/c1-8(2)10(7-12)13-11(14)6-9-4-3-5-9/h8-10H,3-7,12H2,1-2H3,(H,13,14). The van der Waals surface area contributed by atoms with Crippen molar-refractivity contribution in [1.29, 1.82) is 0 Å². The van der Waals surface area contributed by atoms with Gasteiger partial charge in [-0.3, -0.25) is 4.79 Å². The summed E-state index contributed by atoms with van der Waals surface area (Å²) in [5, 5.41) is 3.00.